The number of fused-ring (bicyclic) bond motifs is 1. The van der Waals surface area contributed by atoms with Crippen LogP contribution in [0.15, 0.2) is 18.2 Å². The Kier molecular flexibility index (Phi) is 5.59. The van der Waals surface area contributed by atoms with E-state index in [0.29, 0.717) is 36.3 Å². The summed E-state index contributed by atoms with van der Waals surface area (Å²) in [6.45, 7) is 3.13. The Morgan fingerprint density at radius 3 is 2.63 bits per heavy atom. The number of phenols is 1. The second-order valence-electron chi connectivity index (χ2n) is 7.87. The van der Waals surface area contributed by atoms with Gasteiger partial charge in [0.15, 0.2) is 5.82 Å². The fourth-order valence-electron chi connectivity index (χ4n) is 4.33. The van der Waals surface area contributed by atoms with Crippen molar-refractivity contribution in [1.82, 2.24) is 10.2 Å². The molecular formula is C21H24F3N3O3. The number of ether oxygens (including phenoxy) is 1. The third-order valence-corrected chi connectivity index (χ3v) is 5.99. The fourth-order valence-corrected chi connectivity index (χ4v) is 4.33. The molecule has 0 radical (unpaired) electrons. The Labute approximate surface area is 172 Å². The molecule has 162 valence electrons. The van der Waals surface area contributed by atoms with Gasteiger partial charge in [-0.2, -0.15) is 13.2 Å². The van der Waals surface area contributed by atoms with Crippen molar-refractivity contribution in [3.8, 4) is 17.0 Å². The number of anilines is 1. The van der Waals surface area contributed by atoms with Crippen LogP contribution in [0, 0.1) is 6.92 Å². The number of hydrogen-bond donors (Lipinski definition) is 2. The van der Waals surface area contributed by atoms with E-state index in [1.54, 1.807) is 6.92 Å². The van der Waals surface area contributed by atoms with Crippen molar-refractivity contribution in [2.45, 2.75) is 57.5 Å². The Hall–Kier alpha value is -2.39. The summed E-state index contributed by atoms with van der Waals surface area (Å²) in [6.07, 6.45) is -1.39. The maximum Gasteiger partial charge on any atom is 0.416 e. The normalized spacial score (nSPS) is 22.5. The van der Waals surface area contributed by atoms with Crippen LogP contribution in [0.5, 0.6) is 5.75 Å². The summed E-state index contributed by atoms with van der Waals surface area (Å²) in [5, 5.41) is 29.4. The Morgan fingerprint density at radius 2 is 1.93 bits per heavy atom. The first kappa shape index (κ1) is 20.9. The maximum absolute atomic E-state index is 12.9. The van der Waals surface area contributed by atoms with Gasteiger partial charge in [-0.25, -0.2) is 0 Å². The summed E-state index contributed by atoms with van der Waals surface area (Å²) < 4.78 is 44.5. The van der Waals surface area contributed by atoms with Crippen LogP contribution in [0.4, 0.5) is 19.0 Å². The molecule has 0 unspecified atom stereocenters. The third kappa shape index (κ3) is 3.83. The van der Waals surface area contributed by atoms with Crippen LogP contribution >= 0.6 is 0 Å². The predicted molar refractivity (Wildman–Crippen MR) is 104 cm³/mol. The molecule has 4 rings (SSSR count). The van der Waals surface area contributed by atoms with Crippen LogP contribution in [-0.4, -0.2) is 45.7 Å². The summed E-state index contributed by atoms with van der Waals surface area (Å²) in [6, 6.07) is 2.76. The zero-order chi connectivity index (χ0) is 21.5. The number of halogens is 3. The predicted octanol–water partition coefficient (Wildman–Crippen LogP) is 3.82. The summed E-state index contributed by atoms with van der Waals surface area (Å²) in [5.74, 6) is 0.127. The molecule has 0 amide bonds. The fraction of sp³-hybridized carbons (Fsp3) is 0.524. The van der Waals surface area contributed by atoms with Crippen LogP contribution in [0.3, 0.4) is 0 Å². The van der Waals surface area contributed by atoms with E-state index in [1.807, 2.05) is 4.90 Å². The molecular weight excluding hydrogens is 399 g/mol. The van der Waals surface area contributed by atoms with Gasteiger partial charge in [-0.15, -0.1) is 10.2 Å². The van der Waals surface area contributed by atoms with Crippen LogP contribution in [0.1, 0.15) is 42.4 Å². The lowest BCUT2D eigenvalue weighted by Crippen LogP contribution is -2.47. The van der Waals surface area contributed by atoms with Crippen molar-refractivity contribution >= 4 is 5.82 Å². The zero-order valence-electron chi connectivity index (χ0n) is 16.6. The van der Waals surface area contributed by atoms with E-state index in [9.17, 15) is 23.4 Å². The summed E-state index contributed by atoms with van der Waals surface area (Å²) in [4.78, 5) is 2.04. The first-order valence-electron chi connectivity index (χ1n) is 10.1. The van der Waals surface area contributed by atoms with E-state index in [4.69, 9.17) is 4.74 Å². The monoisotopic (exact) mass is 423 g/mol. The molecule has 30 heavy (non-hydrogen) atoms. The van der Waals surface area contributed by atoms with Crippen molar-refractivity contribution in [2.75, 3.05) is 18.1 Å². The van der Waals surface area contributed by atoms with Crippen molar-refractivity contribution < 1.29 is 28.1 Å². The molecule has 0 saturated heterocycles. The first-order chi connectivity index (χ1) is 14.3. The molecule has 1 saturated carbocycles. The number of aliphatic hydroxyl groups excluding tert-OH is 1. The average molecular weight is 423 g/mol. The van der Waals surface area contributed by atoms with Crippen LogP contribution in [0.25, 0.3) is 11.3 Å². The van der Waals surface area contributed by atoms with Gasteiger partial charge >= 0.3 is 6.18 Å². The molecule has 1 aromatic heterocycles. The van der Waals surface area contributed by atoms with Crippen LogP contribution in [-0.2, 0) is 17.5 Å². The number of alkyl halides is 3. The molecule has 2 atom stereocenters. The topological polar surface area (TPSA) is 78.7 Å². The van der Waals surface area contributed by atoms with E-state index < -0.39 is 23.6 Å². The van der Waals surface area contributed by atoms with Crippen LogP contribution in [0.2, 0.25) is 0 Å². The SMILES string of the molecule is Cc1c(-c2ccc(C(F)(F)F)cc2O)nnc2c1COCCN2[C@@H]1CCCC[C@H]1O. The Bertz CT molecular complexity index is 936. The molecule has 2 N–H and O–H groups in total. The molecule has 0 spiro atoms. The van der Waals surface area contributed by atoms with Gasteiger partial charge in [0, 0.05) is 17.7 Å². The number of aliphatic hydroxyl groups is 1. The maximum atomic E-state index is 12.9. The zero-order valence-corrected chi connectivity index (χ0v) is 16.6. The highest BCUT2D eigenvalue weighted by Gasteiger charge is 2.34. The largest absolute Gasteiger partial charge is 0.507 e. The second kappa shape index (κ2) is 8.03. The molecule has 1 fully saturated rings. The van der Waals surface area contributed by atoms with E-state index in [0.717, 1.165) is 37.3 Å². The number of aromatic nitrogens is 2. The number of aromatic hydroxyl groups is 1. The van der Waals surface area contributed by atoms with E-state index in [-0.39, 0.29) is 18.2 Å². The van der Waals surface area contributed by atoms with E-state index in [2.05, 4.69) is 10.2 Å². The average Bonchev–Trinajstić information content (AvgIpc) is 2.91. The van der Waals surface area contributed by atoms with Crippen molar-refractivity contribution in [2.24, 2.45) is 0 Å². The summed E-state index contributed by atoms with van der Waals surface area (Å²) >= 11 is 0. The molecule has 0 bridgehead atoms. The molecule has 9 heteroatoms. The third-order valence-electron chi connectivity index (χ3n) is 5.99. The van der Waals surface area contributed by atoms with E-state index in [1.165, 1.54) is 6.07 Å². The summed E-state index contributed by atoms with van der Waals surface area (Å²) in [7, 11) is 0. The standard InChI is InChI=1S/C21H24F3N3O3/c1-12-15-11-30-9-8-27(16-4-2-3-5-17(16)28)20(15)26-25-19(12)14-7-6-13(10-18(14)29)21(22,23)24/h6-7,10,16-17,28-29H,2-5,8-9,11H2,1H3/t16-,17-/m1/s1. The van der Waals surface area contributed by atoms with Gasteiger partial charge in [-0.05, 0) is 43.5 Å². The Balaban J connectivity index is 1.75. The lowest BCUT2D eigenvalue weighted by Gasteiger charge is -2.38. The van der Waals surface area contributed by atoms with Crippen molar-refractivity contribution in [3.05, 3.63) is 34.9 Å². The molecule has 2 aliphatic rings. The number of nitrogens with zero attached hydrogens (tertiary/aromatic N) is 3. The lowest BCUT2D eigenvalue weighted by molar-refractivity contribution is -0.137. The molecule has 1 aliphatic heterocycles. The minimum absolute atomic E-state index is 0.0711. The van der Waals surface area contributed by atoms with Gasteiger partial charge in [0.1, 0.15) is 11.4 Å². The van der Waals surface area contributed by atoms with Crippen LogP contribution < -0.4 is 4.90 Å². The van der Waals surface area contributed by atoms with Gasteiger partial charge in [-0.1, -0.05) is 12.8 Å². The molecule has 2 aromatic rings. The minimum Gasteiger partial charge on any atom is -0.507 e. The highest BCUT2D eigenvalue weighted by atomic mass is 19.4. The molecule has 1 aromatic carbocycles. The van der Waals surface area contributed by atoms with Gasteiger partial charge in [0.25, 0.3) is 0 Å². The lowest BCUT2D eigenvalue weighted by atomic mass is 9.91. The molecule has 6 nitrogen and oxygen atoms in total. The number of benzene rings is 1. The molecule has 2 heterocycles. The minimum atomic E-state index is -4.54. The van der Waals surface area contributed by atoms with Gasteiger partial charge in [0.05, 0.1) is 30.9 Å². The Morgan fingerprint density at radius 1 is 1.17 bits per heavy atom. The first-order valence-corrected chi connectivity index (χ1v) is 10.1. The summed E-state index contributed by atoms with van der Waals surface area (Å²) in [5.41, 5.74) is 1.03. The van der Waals surface area contributed by atoms with Gasteiger partial charge < -0.3 is 19.8 Å². The van der Waals surface area contributed by atoms with E-state index >= 15 is 0 Å². The van der Waals surface area contributed by atoms with Gasteiger partial charge in [0.2, 0.25) is 0 Å². The number of phenolic OH excluding ortho intramolecular Hbond substituents is 1. The quantitative estimate of drug-likeness (QED) is 0.765. The highest BCUT2D eigenvalue weighted by Crippen LogP contribution is 2.39. The van der Waals surface area contributed by atoms with Gasteiger partial charge in [-0.3, -0.25) is 0 Å². The molecule has 1 aliphatic carbocycles. The number of rotatable bonds is 2. The van der Waals surface area contributed by atoms with Crippen molar-refractivity contribution in [3.63, 3.8) is 0 Å². The highest BCUT2D eigenvalue weighted by molar-refractivity contribution is 5.72. The van der Waals surface area contributed by atoms with Crippen molar-refractivity contribution in [1.29, 1.82) is 0 Å². The smallest absolute Gasteiger partial charge is 0.416 e. The second-order valence-corrected chi connectivity index (χ2v) is 7.87. The number of hydrogen-bond acceptors (Lipinski definition) is 6.